The molecule has 1 N–H and O–H groups in total. The number of aromatic nitrogens is 2. The van der Waals surface area contributed by atoms with Crippen LogP contribution in [0.3, 0.4) is 0 Å². The van der Waals surface area contributed by atoms with Gasteiger partial charge in [-0.2, -0.15) is 0 Å². The maximum Gasteiger partial charge on any atom is 0.212 e. The molecule has 1 fully saturated rings. The number of benzene rings is 1. The van der Waals surface area contributed by atoms with Crippen LogP contribution in [0.5, 0.6) is 5.75 Å². The second kappa shape index (κ2) is 12.8. The lowest BCUT2D eigenvalue weighted by Crippen LogP contribution is -2.29. The van der Waals surface area contributed by atoms with Gasteiger partial charge >= 0.3 is 0 Å². The summed E-state index contributed by atoms with van der Waals surface area (Å²) in [7, 11) is 2.22. The molecule has 0 unspecified atom stereocenters. The number of piperidine rings is 1. The molecule has 37 heavy (non-hydrogen) atoms. The molecule has 9 heteroatoms. The summed E-state index contributed by atoms with van der Waals surface area (Å²) in [6.45, 7) is 5.99. The Balaban J connectivity index is 0.000000270. The largest absolute Gasteiger partial charge is 0.488 e. The maximum absolute atomic E-state index is 14.3. The summed E-state index contributed by atoms with van der Waals surface area (Å²) in [5.41, 5.74) is 2.33. The highest BCUT2D eigenvalue weighted by molar-refractivity contribution is 6.30. The zero-order valence-electron chi connectivity index (χ0n) is 21.3. The Bertz CT molecular complexity index is 1200. The Kier molecular flexibility index (Phi) is 9.30. The lowest BCUT2D eigenvalue weighted by Gasteiger charge is -2.31. The van der Waals surface area contributed by atoms with Gasteiger partial charge in [-0.3, -0.25) is 9.78 Å². The number of carbonyl (C=O) groups is 1. The standard InChI is InChI=1S/C19H14ClFN4O2.C9H19N/c20-12-1-2-15(21)14(7-12)16-9-17-18(10-23-16)27-6-5-25(17)13-3-4-22-19(8-13)24-11-26;1-3-4-9-5-7-10(2)8-6-9/h1-4,7-11H,5-6H2,(H,22,24,26);9H,3-8H2,1-2H3. The molecule has 0 radical (unpaired) electrons. The second-order valence-electron chi connectivity index (χ2n) is 9.36. The van der Waals surface area contributed by atoms with Gasteiger partial charge in [-0.15, -0.1) is 0 Å². The molecule has 0 spiro atoms. The van der Waals surface area contributed by atoms with Crippen LogP contribution in [-0.2, 0) is 4.79 Å². The number of nitrogens with zero attached hydrogens (tertiary/aromatic N) is 4. The molecular formula is C28H33ClFN5O2. The van der Waals surface area contributed by atoms with Crippen LogP contribution in [0.4, 0.5) is 21.6 Å². The molecule has 0 atom stereocenters. The van der Waals surface area contributed by atoms with Crippen molar-refractivity contribution in [3.8, 4) is 17.0 Å². The zero-order valence-corrected chi connectivity index (χ0v) is 22.0. The average Bonchev–Trinajstić information content (AvgIpc) is 2.92. The monoisotopic (exact) mass is 525 g/mol. The van der Waals surface area contributed by atoms with Gasteiger partial charge in [0.25, 0.3) is 0 Å². The number of carbonyl (C=O) groups excluding carboxylic acids is 1. The van der Waals surface area contributed by atoms with Gasteiger partial charge in [-0.1, -0.05) is 31.4 Å². The molecule has 2 aliphatic rings. The Morgan fingerprint density at radius 3 is 2.73 bits per heavy atom. The number of anilines is 3. The van der Waals surface area contributed by atoms with E-state index in [2.05, 4.69) is 34.2 Å². The number of pyridine rings is 2. The lowest BCUT2D eigenvalue weighted by molar-refractivity contribution is -0.105. The van der Waals surface area contributed by atoms with Gasteiger partial charge in [0.1, 0.15) is 18.2 Å². The second-order valence-corrected chi connectivity index (χ2v) is 9.79. The van der Waals surface area contributed by atoms with Crippen molar-refractivity contribution >= 4 is 35.2 Å². The quantitative estimate of drug-likeness (QED) is 0.388. The average molecular weight is 526 g/mol. The summed E-state index contributed by atoms with van der Waals surface area (Å²) in [4.78, 5) is 23.5. The third-order valence-corrected chi connectivity index (χ3v) is 6.95. The minimum atomic E-state index is -0.406. The molecule has 4 heterocycles. The van der Waals surface area contributed by atoms with Crippen molar-refractivity contribution in [2.45, 2.75) is 32.6 Å². The highest BCUT2D eigenvalue weighted by Gasteiger charge is 2.22. The van der Waals surface area contributed by atoms with Gasteiger partial charge in [0, 0.05) is 28.5 Å². The van der Waals surface area contributed by atoms with Crippen LogP contribution in [0.25, 0.3) is 11.3 Å². The molecule has 1 amide bonds. The number of halogens is 2. The summed E-state index contributed by atoms with van der Waals surface area (Å²) in [5.74, 6) is 1.66. The van der Waals surface area contributed by atoms with E-state index in [1.165, 1.54) is 57.0 Å². The number of hydrogen-bond acceptors (Lipinski definition) is 6. The fraction of sp³-hybridized carbons (Fsp3) is 0.393. The van der Waals surface area contributed by atoms with Crippen LogP contribution >= 0.6 is 11.6 Å². The molecule has 0 aliphatic carbocycles. The topological polar surface area (TPSA) is 70.6 Å². The van der Waals surface area contributed by atoms with Crippen LogP contribution in [0.15, 0.2) is 48.8 Å². The smallest absolute Gasteiger partial charge is 0.212 e. The van der Waals surface area contributed by atoms with Crippen molar-refractivity contribution in [2.75, 3.05) is 43.5 Å². The van der Waals surface area contributed by atoms with E-state index >= 15 is 0 Å². The van der Waals surface area contributed by atoms with E-state index in [-0.39, 0.29) is 0 Å². The van der Waals surface area contributed by atoms with Crippen molar-refractivity contribution in [3.05, 3.63) is 59.6 Å². The zero-order chi connectivity index (χ0) is 26.2. The molecule has 1 saturated heterocycles. The number of nitrogens with one attached hydrogen (secondary N) is 1. The minimum Gasteiger partial charge on any atom is -0.488 e. The number of fused-ring (bicyclic) bond motifs is 1. The third-order valence-electron chi connectivity index (χ3n) is 6.71. The van der Waals surface area contributed by atoms with E-state index < -0.39 is 5.82 Å². The number of likely N-dealkylation sites (tertiary alicyclic amines) is 1. The van der Waals surface area contributed by atoms with Crippen LogP contribution in [0, 0.1) is 11.7 Å². The number of amides is 1. The maximum atomic E-state index is 14.3. The SMILES string of the molecule is CCCC1CCN(C)CC1.O=CNc1cc(N2CCOc3cnc(-c4cc(Cl)ccc4F)cc32)ccn1. The first-order chi connectivity index (χ1) is 18.0. The predicted molar refractivity (Wildman–Crippen MR) is 146 cm³/mol. The Hall–Kier alpha value is -3.23. The van der Waals surface area contributed by atoms with Gasteiger partial charge in [-0.25, -0.2) is 9.37 Å². The van der Waals surface area contributed by atoms with E-state index in [1.54, 1.807) is 24.5 Å². The summed E-state index contributed by atoms with van der Waals surface area (Å²) < 4.78 is 19.9. The van der Waals surface area contributed by atoms with Gasteiger partial charge in [0.2, 0.25) is 6.41 Å². The van der Waals surface area contributed by atoms with E-state index in [1.807, 2.05) is 11.0 Å². The summed E-state index contributed by atoms with van der Waals surface area (Å²) in [5, 5.41) is 2.96. The highest BCUT2D eigenvalue weighted by atomic mass is 35.5. The molecule has 2 aromatic heterocycles. The molecule has 2 aliphatic heterocycles. The first kappa shape index (κ1) is 26.8. The molecule has 0 saturated carbocycles. The number of hydrogen-bond donors (Lipinski definition) is 1. The van der Waals surface area contributed by atoms with E-state index in [4.69, 9.17) is 16.3 Å². The molecule has 196 valence electrons. The van der Waals surface area contributed by atoms with E-state index in [0.29, 0.717) is 47.4 Å². The van der Waals surface area contributed by atoms with Crippen molar-refractivity contribution in [1.82, 2.24) is 14.9 Å². The van der Waals surface area contributed by atoms with E-state index in [9.17, 15) is 9.18 Å². The predicted octanol–water partition coefficient (Wildman–Crippen LogP) is 6.16. The first-order valence-corrected chi connectivity index (χ1v) is 13.1. The Morgan fingerprint density at radius 2 is 1.97 bits per heavy atom. The fourth-order valence-corrected chi connectivity index (χ4v) is 4.89. The summed E-state index contributed by atoms with van der Waals surface area (Å²) in [6.07, 6.45) is 9.44. The third kappa shape index (κ3) is 6.96. The van der Waals surface area contributed by atoms with Crippen molar-refractivity contribution in [1.29, 1.82) is 0 Å². The number of ether oxygens (including phenoxy) is 1. The summed E-state index contributed by atoms with van der Waals surface area (Å²) in [6, 6.07) is 9.68. The number of rotatable bonds is 6. The van der Waals surface area contributed by atoms with Crippen LogP contribution < -0.4 is 15.0 Å². The Labute approximate surface area is 222 Å². The Morgan fingerprint density at radius 1 is 1.16 bits per heavy atom. The molecule has 5 rings (SSSR count). The van der Waals surface area contributed by atoms with Gasteiger partial charge in [0.05, 0.1) is 24.1 Å². The molecule has 7 nitrogen and oxygen atoms in total. The van der Waals surface area contributed by atoms with Gasteiger partial charge in [-0.05, 0) is 69.2 Å². The van der Waals surface area contributed by atoms with Crippen LogP contribution in [0.2, 0.25) is 5.02 Å². The van der Waals surface area contributed by atoms with Crippen LogP contribution in [0.1, 0.15) is 32.6 Å². The van der Waals surface area contributed by atoms with Gasteiger partial charge < -0.3 is 19.9 Å². The van der Waals surface area contributed by atoms with Gasteiger partial charge in [0.15, 0.2) is 5.75 Å². The molecular weight excluding hydrogens is 493 g/mol. The normalized spacial score (nSPS) is 15.7. The van der Waals surface area contributed by atoms with E-state index in [0.717, 1.165) is 17.3 Å². The lowest BCUT2D eigenvalue weighted by atomic mass is 9.93. The molecule has 3 aromatic rings. The molecule has 0 bridgehead atoms. The molecule has 1 aromatic carbocycles. The minimum absolute atomic E-state index is 0.314. The van der Waals surface area contributed by atoms with Crippen molar-refractivity contribution in [3.63, 3.8) is 0 Å². The van der Waals surface area contributed by atoms with Crippen molar-refractivity contribution in [2.24, 2.45) is 5.92 Å². The van der Waals surface area contributed by atoms with Crippen LogP contribution in [-0.4, -0.2) is 54.6 Å². The summed E-state index contributed by atoms with van der Waals surface area (Å²) >= 11 is 6.01. The fourth-order valence-electron chi connectivity index (χ4n) is 4.72. The first-order valence-electron chi connectivity index (χ1n) is 12.7. The van der Waals surface area contributed by atoms with Crippen molar-refractivity contribution < 1.29 is 13.9 Å². The highest BCUT2D eigenvalue weighted by Crippen LogP contribution is 2.39.